The van der Waals surface area contributed by atoms with Gasteiger partial charge in [-0.1, -0.05) is 11.6 Å². The topological polar surface area (TPSA) is 79.9 Å². The Kier molecular flexibility index (Phi) is 5.54. The van der Waals surface area contributed by atoms with Gasteiger partial charge in [-0.3, -0.25) is 9.59 Å². The summed E-state index contributed by atoms with van der Waals surface area (Å²) in [5.74, 6) is 0.959. The van der Waals surface area contributed by atoms with Crippen molar-refractivity contribution in [3.63, 3.8) is 0 Å². The second-order valence-corrected chi connectivity index (χ2v) is 7.54. The van der Waals surface area contributed by atoms with Crippen LogP contribution in [0.4, 0.5) is 0 Å². The summed E-state index contributed by atoms with van der Waals surface area (Å²) in [6.07, 6.45) is 4.73. The Morgan fingerprint density at radius 2 is 2.00 bits per heavy atom. The lowest BCUT2D eigenvalue weighted by Crippen LogP contribution is -2.49. The van der Waals surface area contributed by atoms with Gasteiger partial charge in [-0.2, -0.15) is 0 Å². The SMILES string of the molecule is O=C1COC2NC=C(C(=O)N3CCC(COc4ccc(Cl)cc4)CC3)C=C2N1. The molecule has 2 fully saturated rings. The Hall–Kier alpha value is -2.51. The van der Waals surface area contributed by atoms with E-state index in [-0.39, 0.29) is 18.4 Å². The molecule has 1 atom stereocenters. The normalized spacial score (nSPS) is 22.4. The van der Waals surface area contributed by atoms with Crippen LogP contribution in [0.2, 0.25) is 5.02 Å². The summed E-state index contributed by atoms with van der Waals surface area (Å²) >= 11 is 5.88. The van der Waals surface area contributed by atoms with Gasteiger partial charge < -0.3 is 25.0 Å². The van der Waals surface area contributed by atoms with E-state index in [2.05, 4.69) is 10.6 Å². The minimum absolute atomic E-state index is 0.0116. The highest BCUT2D eigenvalue weighted by Gasteiger charge is 2.30. The van der Waals surface area contributed by atoms with Crippen molar-refractivity contribution in [1.82, 2.24) is 15.5 Å². The summed E-state index contributed by atoms with van der Waals surface area (Å²) in [4.78, 5) is 26.1. The van der Waals surface area contributed by atoms with Crippen molar-refractivity contribution in [2.75, 3.05) is 26.3 Å². The van der Waals surface area contributed by atoms with Gasteiger partial charge in [0.05, 0.1) is 17.9 Å². The number of dihydropyridines is 1. The van der Waals surface area contributed by atoms with Crippen LogP contribution in [0.1, 0.15) is 12.8 Å². The lowest BCUT2D eigenvalue weighted by Gasteiger charge is -2.34. The van der Waals surface area contributed by atoms with Crippen LogP contribution in [0.5, 0.6) is 5.75 Å². The van der Waals surface area contributed by atoms with E-state index in [1.807, 2.05) is 29.2 Å². The highest BCUT2D eigenvalue weighted by atomic mass is 35.5. The number of amides is 2. The fraction of sp³-hybridized carbons (Fsp3) is 0.400. The number of likely N-dealkylation sites (tertiary alicyclic amines) is 1. The van der Waals surface area contributed by atoms with Crippen LogP contribution in [0, 0.1) is 5.92 Å². The molecule has 28 heavy (non-hydrogen) atoms. The number of ether oxygens (including phenoxy) is 2. The summed E-state index contributed by atoms with van der Waals surface area (Å²) in [5, 5.41) is 6.45. The number of halogens is 1. The number of carbonyl (C=O) groups is 2. The van der Waals surface area contributed by atoms with E-state index in [4.69, 9.17) is 21.1 Å². The van der Waals surface area contributed by atoms with Gasteiger partial charge in [0.25, 0.3) is 5.91 Å². The maximum atomic E-state index is 12.8. The summed E-state index contributed by atoms with van der Waals surface area (Å²) in [6, 6.07) is 7.34. The number of morpholine rings is 1. The van der Waals surface area contributed by atoms with Crippen molar-refractivity contribution >= 4 is 23.4 Å². The number of hydrogen-bond acceptors (Lipinski definition) is 5. The Bertz CT molecular complexity index is 813. The molecule has 0 aliphatic carbocycles. The van der Waals surface area contributed by atoms with Crippen molar-refractivity contribution < 1.29 is 19.1 Å². The van der Waals surface area contributed by atoms with Crippen LogP contribution in [0.25, 0.3) is 0 Å². The highest BCUT2D eigenvalue weighted by Crippen LogP contribution is 2.23. The van der Waals surface area contributed by atoms with Crippen molar-refractivity contribution in [3.05, 3.63) is 52.8 Å². The number of fused-ring (bicyclic) bond motifs is 1. The molecule has 0 radical (unpaired) electrons. The summed E-state index contributed by atoms with van der Waals surface area (Å²) in [5.41, 5.74) is 1.10. The largest absolute Gasteiger partial charge is 0.493 e. The van der Waals surface area contributed by atoms with E-state index < -0.39 is 6.23 Å². The van der Waals surface area contributed by atoms with E-state index in [9.17, 15) is 9.59 Å². The van der Waals surface area contributed by atoms with E-state index in [1.54, 1.807) is 12.3 Å². The van der Waals surface area contributed by atoms with E-state index in [1.165, 1.54) is 0 Å². The van der Waals surface area contributed by atoms with Gasteiger partial charge in [0.15, 0.2) is 6.23 Å². The number of rotatable bonds is 4. The lowest BCUT2D eigenvalue weighted by atomic mass is 9.97. The molecule has 7 nitrogen and oxygen atoms in total. The van der Waals surface area contributed by atoms with Gasteiger partial charge in [0.2, 0.25) is 5.91 Å². The molecule has 0 bridgehead atoms. The smallest absolute Gasteiger partial charge is 0.255 e. The molecule has 2 amide bonds. The van der Waals surface area contributed by atoms with Gasteiger partial charge in [0.1, 0.15) is 12.4 Å². The van der Waals surface area contributed by atoms with Gasteiger partial charge in [0, 0.05) is 24.3 Å². The molecule has 3 heterocycles. The average molecular weight is 404 g/mol. The molecular formula is C20H22ClN3O4. The molecule has 0 spiro atoms. The molecule has 8 heteroatoms. The first-order valence-corrected chi connectivity index (χ1v) is 9.73. The van der Waals surface area contributed by atoms with E-state index >= 15 is 0 Å². The zero-order valence-corrected chi connectivity index (χ0v) is 16.1. The molecule has 1 aromatic carbocycles. The minimum atomic E-state index is -0.398. The van der Waals surface area contributed by atoms with Gasteiger partial charge in [-0.05, 0) is 49.1 Å². The zero-order chi connectivity index (χ0) is 19.5. The van der Waals surface area contributed by atoms with Gasteiger partial charge in [-0.25, -0.2) is 0 Å². The number of piperidine rings is 1. The van der Waals surface area contributed by atoms with Crippen LogP contribution in [0.15, 0.2) is 47.8 Å². The van der Waals surface area contributed by atoms with Crippen molar-refractivity contribution in [1.29, 1.82) is 0 Å². The Labute approximate surface area is 168 Å². The molecule has 2 N–H and O–H groups in total. The van der Waals surface area contributed by atoms with E-state index in [0.717, 1.165) is 18.6 Å². The molecule has 3 aliphatic heterocycles. The first-order valence-electron chi connectivity index (χ1n) is 9.35. The lowest BCUT2D eigenvalue weighted by molar-refractivity contribution is -0.132. The van der Waals surface area contributed by atoms with Crippen molar-refractivity contribution in [2.24, 2.45) is 5.92 Å². The van der Waals surface area contributed by atoms with Crippen LogP contribution in [-0.2, 0) is 14.3 Å². The van der Waals surface area contributed by atoms with Crippen LogP contribution < -0.4 is 15.4 Å². The van der Waals surface area contributed by atoms with Crippen LogP contribution >= 0.6 is 11.6 Å². The molecule has 3 aliphatic rings. The standard InChI is InChI=1S/C20H22ClN3O4/c21-15-1-3-16(4-2-15)27-11-13-5-7-24(8-6-13)20(26)14-9-17-19(22-10-14)28-12-18(25)23-17/h1-4,9-10,13,19,22H,5-8,11-12H2,(H,23,25). The maximum Gasteiger partial charge on any atom is 0.255 e. The molecule has 2 saturated heterocycles. The molecular weight excluding hydrogens is 382 g/mol. The molecule has 1 aromatic rings. The molecule has 1 unspecified atom stereocenters. The fourth-order valence-electron chi connectivity index (χ4n) is 3.49. The quantitative estimate of drug-likeness (QED) is 0.801. The number of nitrogens with one attached hydrogen (secondary N) is 2. The summed E-state index contributed by atoms with van der Waals surface area (Å²) in [6.45, 7) is 2.00. The minimum Gasteiger partial charge on any atom is -0.493 e. The van der Waals surface area contributed by atoms with Crippen LogP contribution in [-0.4, -0.2) is 49.2 Å². The zero-order valence-electron chi connectivity index (χ0n) is 15.3. The predicted octanol–water partition coefficient (Wildman–Crippen LogP) is 1.80. The summed E-state index contributed by atoms with van der Waals surface area (Å²) in [7, 11) is 0. The first kappa shape index (κ1) is 18.8. The van der Waals surface area contributed by atoms with Gasteiger partial charge in [-0.15, -0.1) is 0 Å². The Morgan fingerprint density at radius 1 is 1.25 bits per heavy atom. The van der Waals surface area contributed by atoms with E-state index in [0.29, 0.717) is 41.9 Å². The Morgan fingerprint density at radius 3 is 2.75 bits per heavy atom. The number of benzene rings is 1. The third-order valence-corrected chi connectivity index (χ3v) is 5.35. The third kappa shape index (κ3) is 4.31. The monoisotopic (exact) mass is 403 g/mol. The maximum absolute atomic E-state index is 12.8. The van der Waals surface area contributed by atoms with Crippen LogP contribution in [0.3, 0.4) is 0 Å². The Balaban J connectivity index is 1.27. The van der Waals surface area contributed by atoms with Gasteiger partial charge >= 0.3 is 0 Å². The molecule has 4 rings (SSSR count). The van der Waals surface area contributed by atoms with Crippen molar-refractivity contribution in [2.45, 2.75) is 19.1 Å². The van der Waals surface area contributed by atoms with Crippen molar-refractivity contribution in [3.8, 4) is 5.75 Å². The highest BCUT2D eigenvalue weighted by molar-refractivity contribution is 6.30. The number of carbonyl (C=O) groups excluding carboxylic acids is 2. The molecule has 0 saturated carbocycles. The first-order chi connectivity index (χ1) is 13.6. The average Bonchev–Trinajstić information content (AvgIpc) is 2.72. The molecule has 148 valence electrons. The number of hydrogen-bond donors (Lipinski definition) is 2. The second-order valence-electron chi connectivity index (χ2n) is 7.11. The molecule has 0 aromatic heterocycles. The summed E-state index contributed by atoms with van der Waals surface area (Å²) < 4.78 is 11.2. The fourth-order valence-corrected chi connectivity index (χ4v) is 3.62. The number of nitrogens with zero attached hydrogens (tertiary/aromatic N) is 1. The second kappa shape index (κ2) is 8.24. The third-order valence-electron chi connectivity index (χ3n) is 5.10. The predicted molar refractivity (Wildman–Crippen MR) is 103 cm³/mol.